The molecule has 0 radical (unpaired) electrons. The molecule has 0 unspecified atom stereocenters. The molecule has 3 N–H and O–H groups in total. The highest BCUT2D eigenvalue weighted by atomic mass is 16.2. The summed E-state index contributed by atoms with van der Waals surface area (Å²) < 4.78 is 0. The van der Waals surface area contributed by atoms with Gasteiger partial charge in [0.15, 0.2) is 0 Å². The van der Waals surface area contributed by atoms with Crippen molar-refractivity contribution in [2.75, 3.05) is 18.4 Å². The van der Waals surface area contributed by atoms with Gasteiger partial charge in [-0.15, -0.1) is 0 Å². The van der Waals surface area contributed by atoms with Crippen molar-refractivity contribution < 1.29 is 14.4 Å². The molecular weight excluding hydrogens is 450 g/mol. The van der Waals surface area contributed by atoms with Crippen molar-refractivity contribution in [3.8, 4) is 0 Å². The summed E-state index contributed by atoms with van der Waals surface area (Å²) in [5.74, 6) is 2.07. The molecule has 0 heterocycles. The SMILES string of the molecule is O=C(CCCNC(=O)C12CC3CC(CC(C3)C1)C2)Nc1ccccc1C(=O)NCCc1ccccc1. The van der Waals surface area contributed by atoms with Crippen LogP contribution in [0.5, 0.6) is 0 Å². The number of anilines is 1. The van der Waals surface area contributed by atoms with Crippen LogP contribution in [0.3, 0.4) is 0 Å². The number of hydrogen-bond acceptors (Lipinski definition) is 3. The molecule has 6 rings (SSSR count). The highest BCUT2D eigenvalue weighted by Gasteiger charge is 2.54. The van der Waals surface area contributed by atoms with E-state index in [1.807, 2.05) is 36.4 Å². The van der Waals surface area contributed by atoms with Crippen molar-refractivity contribution in [3.63, 3.8) is 0 Å². The van der Waals surface area contributed by atoms with Gasteiger partial charge in [0.1, 0.15) is 0 Å². The highest BCUT2D eigenvalue weighted by Crippen LogP contribution is 2.60. The Morgan fingerprint density at radius 2 is 1.42 bits per heavy atom. The van der Waals surface area contributed by atoms with E-state index in [1.54, 1.807) is 18.2 Å². The zero-order valence-electron chi connectivity index (χ0n) is 20.9. The van der Waals surface area contributed by atoms with E-state index in [1.165, 1.54) is 19.3 Å². The Balaban J connectivity index is 1.06. The molecule has 4 bridgehead atoms. The van der Waals surface area contributed by atoms with Gasteiger partial charge >= 0.3 is 0 Å². The topological polar surface area (TPSA) is 87.3 Å². The molecule has 4 saturated carbocycles. The minimum atomic E-state index is -0.204. The fraction of sp³-hybridized carbons (Fsp3) is 0.500. The van der Waals surface area contributed by atoms with Gasteiger partial charge in [-0.3, -0.25) is 14.4 Å². The number of para-hydroxylation sites is 1. The Morgan fingerprint density at radius 1 is 0.778 bits per heavy atom. The van der Waals surface area contributed by atoms with Gasteiger partial charge in [-0.2, -0.15) is 0 Å². The van der Waals surface area contributed by atoms with Crippen LogP contribution in [-0.4, -0.2) is 30.8 Å². The quantitative estimate of drug-likeness (QED) is 0.424. The number of nitrogens with one attached hydrogen (secondary N) is 3. The monoisotopic (exact) mass is 487 g/mol. The van der Waals surface area contributed by atoms with Crippen LogP contribution in [0.1, 0.15) is 67.3 Å². The van der Waals surface area contributed by atoms with Crippen LogP contribution < -0.4 is 16.0 Å². The van der Waals surface area contributed by atoms with Gasteiger partial charge < -0.3 is 16.0 Å². The lowest BCUT2D eigenvalue weighted by Crippen LogP contribution is -2.53. The maximum absolute atomic E-state index is 13.1. The lowest BCUT2D eigenvalue weighted by atomic mass is 9.49. The zero-order chi connectivity index (χ0) is 25.0. The molecule has 190 valence electrons. The molecule has 2 aromatic carbocycles. The summed E-state index contributed by atoms with van der Waals surface area (Å²) in [6.07, 6.45) is 8.73. The van der Waals surface area contributed by atoms with Crippen LogP contribution in [0.25, 0.3) is 0 Å². The summed E-state index contributed by atoms with van der Waals surface area (Å²) in [4.78, 5) is 38.4. The maximum atomic E-state index is 13.1. The third-order valence-corrected chi connectivity index (χ3v) is 8.37. The first kappa shape index (κ1) is 24.5. The molecule has 0 aromatic heterocycles. The summed E-state index contributed by atoms with van der Waals surface area (Å²) >= 11 is 0. The first-order chi connectivity index (χ1) is 17.5. The molecule has 3 amide bonds. The van der Waals surface area contributed by atoms with Crippen LogP contribution in [0.15, 0.2) is 54.6 Å². The second-order valence-electron chi connectivity index (χ2n) is 11.1. The lowest BCUT2D eigenvalue weighted by Gasteiger charge is -2.55. The normalized spacial score (nSPS) is 25.8. The van der Waals surface area contributed by atoms with Crippen LogP contribution >= 0.6 is 0 Å². The van der Waals surface area contributed by atoms with E-state index in [9.17, 15) is 14.4 Å². The molecule has 6 heteroatoms. The number of amides is 3. The second kappa shape index (κ2) is 10.9. The Bertz CT molecular complexity index is 1060. The fourth-order valence-electron chi connectivity index (χ4n) is 7.09. The summed E-state index contributed by atoms with van der Waals surface area (Å²) in [6.45, 7) is 1.03. The van der Waals surface area contributed by atoms with Crippen LogP contribution in [0.2, 0.25) is 0 Å². The van der Waals surface area contributed by atoms with Crippen molar-refractivity contribution in [2.45, 2.75) is 57.8 Å². The Labute approximate surface area is 213 Å². The first-order valence-corrected chi connectivity index (χ1v) is 13.5. The summed E-state index contributed by atoms with van der Waals surface area (Å²) in [5, 5.41) is 8.97. The van der Waals surface area contributed by atoms with Gasteiger partial charge in [0.2, 0.25) is 11.8 Å². The van der Waals surface area contributed by atoms with Crippen molar-refractivity contribution in [3.05, 3.63) is 65.7 Å². The average molecular weight is 488 g/mol. The van der Waals surface area contributed by atoms with Gasteiger partial charge in [0.25, 0.3) is 5.91 Å². The van der Waals surface area contributed by atoms with E-state index in [2.05, 4.69) is 16.0 Å². The van der Waals surface area contributed by atoms with Gasteiger partial charge in [0, 0.05) is 24.9 Å². The number of hydrogen-bond donors (Lipinski definition) is 3. The number of carbonyl (C=O) groups excluding carboxylic acids is 3. The summed E-state index contributed by atoms with van der Waals surface area (Å²) in [6, 6.07) is 17.1. The molecular formula is C30H37N3O3. The highest BCUT2D eigenvalue weighted by molar-refractivity contribution is 6.03. The van der Waals surface area contributed by atoms with E-state index in [0.29, 0.717) is 37.2 Å². The van der Waals surface area contributed by atoms with Crippen LogP contribution in [-0.2, 0) is 16.0 Å². The molecule has 4 fully saturated rings. The van der Waals surface area contributed by atoms with Gasteiger partial charge in [-0.25, -0.2) is 0 Å². The lowest BCUT2D eigenvalue weighted by molar-refractivity contribution is -0.146. The number of rotatable bonds is 10. The Kier molecular flexibility index (Phi) is 7.40. The molecule has 4 aliphatic rings. The van der Waals surface area contributed by atoms with E-state index in [4.69, 9.17) is 0 Å². The third kappa shape index (κ3) is 5.63. The molecule has 0 aliphatic heterocycles. The van der Waals surface area contributed by atoms with Gasteiger partial charge in [-0.1, -0.05) is 42.5 Å². The molecule has 0 atom stereocenters. The van der Waals surface area contributed by atoms with E-state index in [0.717, 1.165) is 49.0 Å². The van der Waals surface area contributed by atoms with Gasteiger partial charge in [0.05, 0.1) is 11.3 Å². The van der Waals surface area contributed by atoms with Gasteiger partial charge in [-0.05, 0) is 86.8 Å². The molecule has 0 saturated heterocycles. The Hall–Kier alpha value is -3.15. The largest absolute Gasteiger partial charge is 0.356 e. The molecule has 36 heavy (non-hydrogen) atoms. The molecule has 4 aliphatic carbocycles. The Morgan fingerprint density at radius 3 is 2.11 bits per heavy atom. The third-order valence-electron chi connectivity index (χ3n) is 8.37. The maximum Gasteiger partial charge on any atom is 0.253 e. The predicted octanol–water partition coefficient (Wildman–Crippen LogP) is 4.71. The average Bonchev–Trinajstić information content (AvgIpc) is 2.86. The van der Waals surface area contributed by atoms with Crippen molar-refractivity contribution >= 4 is 23.4 Å². The minimum absolute atomic E-state index is 0.149. The minimum Gasteiger partial charge on any atom is -0.356 e. The second-order valence-corrected chi connectivity index (χ2v) is 11.1. The van der Waals surface area contributed by atoms with E-state index >= 15 is 0 Å². The summed E-state index contributed by atoms with van der Waals surface area (Å²) in [7, 11) is 0. The zero-order valence-corrected chi connectivity index (χ0v) is 20.9. The summed E-state index contributed by atoms with van der Waals surface area (Å²) in [5.41, 5.74) is 1.98. The van der Waals surface area contributed by atoms with Crippen molar-refractivity contribution in [2.24, 2.45) is 23.2 Å². The smallest absolute Gasteiger partial charge is 0.253 e. The first-order valence-electron chi connectivity index (χ1n) is 13.5. The van der Waals surface area contributed by atoms with Crippen LogP contribution in [0, 0.1) is 23.2 Å². The van der Waals surface area contributed by atoms with Crippen molar-refractivity contribution in [1.29, 1.82) is 0 Å². The van der Waals surface area contributed by atoms with Crippen molar-refractivity contribution in [1.82, 2.24) is 10.6 Å². The molecule has 0 spiro atoms. The van der Waals surface area contributed by atoms with Crippen LogP contribution in [0.4, 0.5) is 5.69 Å². The predicted molar refractivity (Wildman–Crippen MR) is 140 cm³/mol. The number of carbonyl (C=O) groups is 3. The fourth-order valence-corrected chi connectivity index (χ4v) is 7.09. The van der Waals surface area contributed by atoms with E-state index in [-0.39, 0.29) is 23.1 Å². The standard InChI is InChI=1S/C30H37N3O3/c34-27(11-6-13-32-29(36)30-18-22-15-23(19-30)17-24(16-22)20-30)33-26-10-5-4-9-25(26)28(35)31-14-12-21-7-2-1-3-8-21/h1-5,7-10,22-24H,6,11-20H2,(H,31,35)(H,32,36)(H,33,34). The molecule has 6 nitrogen and oxygen atoms in total. The number of benzene rings is 2. The molecule has 2 aromatic rings. The van der Waals surface area contributed by atoms with E-state index < -0.39 is 0 Å².